The van der Waals surface area contributed by atoms with Gasteiger partial charge in [0.15, 0.2) is 0 Å². The number of alkyl halides is 3. The molecule has 21 heavy (non-hydrogen) atoms. The van der Waals surface area contributed by atoms with Crippen LogP contribution in [0, 0.1) is 13.8 Å². The molecule has 0 fully saturated rings. The first kappa shape index (κ1) is 16.0. The van der Waals surface area contributed by atoms with Crippen molar-refractivity contribution in [2.45, 2.75) is 26.1 Å². The van der Waals surface area contributed by atoms with Crippen LogP contribution in [0.25, 0.3) is 0 Å². The number of nitrogens with two attached hydrogens (primary N) is 1. The molecule has 0 saturated heterocycles. The van der Waals surface area contributed by atoms with E-state index in [2.05, 4.69) is 15.9 Å². The fourth-order valence-electron chi connectivity index (χ4n) is 2.31. The average molecular weight is 358 g/mol. The Labute approximate surface area is 130 Å². The molecule has 2 rings (SSSR count). The summed E-state index contributed by atoms with van der Waals surface area (Å²) in [6.45, 7) is 3.58. The van der Waals surface area contributed by atoms with E-state index in [1.54, 1.807) is 6.92 Å². The van der Waals surface area contributed by atoms with E-state index in [9.17, 15) is 13.2 Å². The van der Waals surface area contributed by atoms with E-state index >= 15 is 0 Å². The summed E-state index contributed by atoms with van der Waals surface area (Å²) in [6, 6.07) is 8.96. The summed E-state index contributed by atoms with van der Waals surface area (Å²) in [5, 5.41) is 0. The third-order valence-electron chi connectivity index (χ3n) is 3.51. The van der Waals surface area contributed by atoms with Crippen molar-refractivity contribution in [1.29, 1.82) is 0 Å². The zero-order valence-corrected chi connectivity index (χ0v) is 13.2. The first-order valence-electron chi connectivity index (χ1n) is 6.39. The highest BCUT2D eigenvalue weighted by Gasteiger charge is 2.31. The van der Waals surface area contributed by atoms with Gasteiger partial charge in [0, 0.05) is 4.47 Å². The van der Waals surface area contributed by atoms with E-state index in [-0.39, 0.29) is 0 Å². The molecule has 0 aliphatic heterocycles. The van der Waals surface area contributed by atoms with Gasteiger partial charge in [-0.05, 0) is 60.4 Å². The van der Waals surface area contributed by atoms with Crippen molar-refractivity contribution in [3.63, 3.8) is 0 Å². The molecule has 0 amide bonds. The van der Waals surface area contributed by atoms with Gasteiger partial charge in [0.05, 0.1) is 11.6 Å². The van der Waals surface area contributed by atoms with Crippen molar-refractivity contribution in [2.75, 3.05) is 0 Å². The molecule has 0 radical (unpaired) electrons. The number of benzene rings is 2. The van der Waals surface area contributed by atoms with E-state index < -0.39 is 17.8 Å². The van der Waals surface area contributed by atoms with Gasteiger partial charge in [-0.3, -0.25) is 0 Å². The fourth-order valence-corrected chi connectivity index (χ4v) is 2.69. The molecule has 112 valence electrons. The molecule has 5 heteroatoms. The molecule has 0 spiro atoms. The van der Waals surface area contributed by atoms with Crippen LogP contribution in [0.1, 0.15) is 33.9 Å². The predicted octanol–water partition coefficient (Wildman–Crippen LogP) is 5.13. The Hall–Kier alpha value is -1.33. The van der Waals surface area contributed by atoms with Gasteiger partial charge in [0.1, 0.15) is 0 Å². The molecule has 0 bridgehead atoms. The van der Waals surface area contributed by atoms with Gasteiger partial charge in [-0.1, -0.05) is 28.1 Å². The maximum atomic E-state index is 12.7. The predicted molar refractivity (Wildman–Crippen MR) is 81.1 cm³/mol. The first-order chi connectivity index (χ1) is 9.70. The summed E-state index contributed by atoms with van der Waals surface area (Å²) >= 11 is 3.39. The van der Waals surface area contributed by atoms with Crippen LogP contribution < -0.4 is 5.73 Å². The van der Waals surface area contributed by atoms with Gasteiger partial charge in [-0.15, -0.1) is 0 Å². The van der Waals surface area contributed by atoms with Crippen LogP contribution in [0.15, 0.2) is 40.9 Å². The molecule has 2 aromatic carbocycles. The molecular formula is C16H15BrF3N. The SMILES string of the molecule is Cc1cc(C(F)(F)F)ccc1C(N)c1cc(Br)ccc1C. The van der Waals surface area contributed by atoms with Crippen molar-refractivity contribution < 1.29 is 13.2 Å². The molecule has 0 saturated carbocycles. The summed E-state index contributed by atoms with van der Waals surface area (Å²) in [7, 11) is 0. The second kappa shape index (κ2) is 5.81. The molecule has 1 atom stereocenters. The van der Waals surface area contributed by atoms with E-state index in [4.69, 9.17) is 5.73 Å². The molecule has 0 aliphatic carbocycles. The van der Waals surface area contributed by atoms with Crippen LogP contribution >= 0.6 is 15.9 Å². The average Bonchev–Trinajstić information content (AvgIpc) is 2.39. The van der Waals surface area contributed by atoms with Gasteiger partial charge in [-0.2, -0.15) is 13.2 Å². The topological polar surface area (TPSA) is 26.0 Å². The fraction of sp³-hybridized carbons (Fsp3) is 0.250. The molecule has 1 nitrogen and oxygen atoms in total. The Kier molecular flexibility index (Phi) is 4.44. The Morgan fingerprint density at radius 3 is 2.19 bits per heavy atom. The number of aryl methyl sites for hydroxylation is 2. The van der Waals surface area contributed by atoms with E-state index in [1.165, 1.54) is 6.07 Å². The van der Waals surface area contributed by atoms with Crippen LogP contribution in [-0.2, 0) is 6.18 Å². The van der Waals surface area contributed by atoms with E-state index in [1.807, 2.05) is 25.1 Å². The third kappa shape index (κ3) is 3.47. The Morgan fingerprint density at radius 2 is 1.62 bits per heavy atom. The number of hydrogen-bond acceptors (Lipinski definition) is 1. The van der Waals surface area contributed by atoms with Crippen LogP contribution in [0.4, 0.5) is 13.2 Å². The normalized spacial score (nSPS) is 13.3. The van der Waals surface area contributed by atoms with Crippen molar-refractivity contribution in [3.8, 4) is 0 Å². The summed E-state index contributed by atoms with van der Waals surface area (Å²) in [4.78, 5) is 0. The Morgan fingerprint density at radius 1 is 0.952 bits per heavy atom. The highest BCUT2D eigenvalue weighted by Crippen LogP contribution is 2.33. The van der Waals surface area contributed by atoms with Gasteiger partial charge in [-0.25, -0.2) is 0 Å². The third-order valence-corrected chi connectivity index (χ3v) is 4.00. The quantitative estimate of drug-likeness (QED) is 0.791. The zero-order chi connectivity index (χ0) is 15.8. The van der Waals surface area contributed by atoms with E-state index in [0.29, 0.717) is 11.1 Å². The molecule has 2 N–H and O–H groups in total. The summed E-state index contributed by atoms with van der Waals surface area (Å²) in [5.74, 6) is 0. The molecule has 0 aromatic heterocycles. The highest BCUT2D eigenvalue weighted by atomic mass is 79.9. The molecule has 0 heterocycles. The first-order valence-corrected chi connectivity index (χ1v) is 7.19. The van der Waals surface area contributed by atoms with Crippen LogP contribution in [0.3, 0.4) is 0 Å². The van der Waals surface area contributed by atoms with E-state index in [0.717, 1.165) is 27.7 Å². The number of halogens is 4. The van der Waals surface area contributed by atoms with Crippen molar-refractivity contribution >= 4 is 15.9 Å². The minimum absolute atomic E-state index is 0.454. The van der Waals surface area contributed by atoms with Gasteiger partial charge < -0.3 is 5.73 Å². The second-order valence-corrected chi connectivity index (χ2v) is 5.96. The minimum atomic E-state index is -4.33. The van der Waals surface area contributed by atoms with Crippen molar-refractivity contribution in [2.24, 2.45) is 5.73 Å². The van der Waals surface area contributed by atoms with Gasteiger partial charge in [0.25, 0.3) is 0 Å². The lowest BCUT2D eigenvalue weighted by Crippen LogP contribution is -2.15. The van der Waals surface area contributed by atoms with Crippen molar-refractivity contribution in [3.05, 3.63) is 68.7 Å². The Bertz CT molecular complexity index is 665. The lowest BCUT2D eigenvalue weighted by Gasteiger charge is -2.19. The standard InChI is InChI=1S/C16H15BrF3N/c1-9-3-5-12(17)8-14(9)15(21)13-6-4-11(7-10(13)2)16(18,19)20/h3-8,15H,21H2,1-2H3. The summed E-state index contributed by atoms with van der Waals surface area (Å²) < 4.78 is 39.0. The lowest BCUT2D eigenvalue weighted by atomic mass is 9.92. The number of rotatable bonds is 2. The van der Waals surface area contributed by atoms with Crippen LogP contribution in [-0.4, -0.2) is 0 Å². The Balaban J connectivity index is 2.44. The molecule has 0 aliphatic rings. The molecule has 1 unspecified atom stereocenters. The molecule has 2 aromatic rings. The van der Waals surface area contributed by atoms with Crippen molar-refractivity contribution in [1.82, 2.24) is 0 Å². The maximum absolute atomic E-state index is 12.7. The summed E-state index contributed by atoms with van der Waals surface area (Å²) in [6.07, 6.45) is -4.33. The van der Waals surface area contributed by atoms with Gasteiger partial charge >= 0.3 is 6.18 Å². The maximum Gasteiger partial charge on any atom is 0.416 e. The lowest BCUT2D eigenvalue weighted by molar-refractivity contribution is -0.137. The minimum Gasteiger partial charge on any atom is -0.320 e. The highest BCUT2D eigenvalue weighted by molar-refractivity contribution is 9.10. The van der Waals surface area contributed by atoms with Crippen LogP contribution in [0.5, 0.6) is 0 Å². The second-order valence-electron chi connectivity index (χ2n) is 5.05. The largest absolute Gasteiger partial charge is 0.416 e. The smallest absolute Gasteiger partial charge is 0.320 e. The monoisotopic (exact) mass is 357 g/mol. The molecular weight excluding hydrogens is 343 g/mol. The van der Waals surface area contributed by atoms with Gasteiger partial charge in [0.2, 0.25) is 0 Å². The van der Waals surface area contributed by atoms with Crippen LogP contribution in [0.2, 0.25) is 0 Å². The zero-order valence-electron chi connectivity index (χ0n) is 11.6. The summed E-state index contributed by atoms with van der Waals surface area (Å²) in [5.41, 5.74) is 8.73. The number of hydrogen-bond donors (Lipinski definition) is 1.